The van der Waals surface area contributed by atoms with Crippen LogP contribution < -0.4 is 5.32 Å². The van der Waals surface area contributed by atoms with Gasteiger partial charge in [0.1, 0.15) is 17.2 Å². The molecule has 2 nitrogen and oxygen atoms in total. The Labute approximate surface area is 97.7 Å². The van der Waals surface area contributed by atoms with Gasteiger partial charge in [0.2, 0.25) is 0 Å². The molecular formula is C13H12F2N2. The molecule has 2 aromatic rings. The van der Waals surface area contributed by atoms with E-state index in [-0.39, 0.29) is 10.9 Å². The van der Waals surface area contributed by atoms with E-state index in [0.29, 0.717) is 11.6 Å². The van der Waals surface area contributed by atoms with Gasteiger partial charge < -0.3 is 5.32 Å². The first-order chi connectivity index (χ1) is 8.20. The Bertz CT molecular complexity index is 591. The second kappa shape index (κ2) is 3.65. The lowest BCUT2D eigenvalue weighted by atomic mass is 10.1. The third-order valence-corrected chi connectivity index (χ3v) is 3.15. The molecule has 0 radical (unpaired) electrons. The molecule has 88 valence electrons. The monoisotopic (exact) mass is 234 g/mol. The fourth-order valence-corrected chi connectivity index (χ4v) is 2.07. The number of halogens is 2. The lowest BCUT2D eigenvalue weighted by molar-refractivity contribution is 0.615. The zero-order valence-corrected chi connectivity index (χ0v) is 9.43. The minimum Gasteiger partial charge on any atom is -0.387 e. The predicted octanol–water partition coefficient (Wildman–Crippen LogP) is 3.43. The molecule has 1 saturated carbocycles. The largest absolute Gasteiger partial charge is 0.387 e. The Morgan fingerprint density at radius 3 is 2.59 bits per heavy atom. The zero-order valence-electron chi connectivity index (χ0n) is 9.43. The van der Waals surface area contributed by atoms with Crippen molar-refractivity contribution < 1.29 is 8.78 Å². The van der Waals surface area contributed by atoms with Crippen LogP contribution in [0.1, 0.15) is 24.5 Å². The summed E-state index contributed by atoms with van der Waals surface area (Å²) in [5, 5.41) is 3.15. The van der Waals surface area contributed by atoms with E-state index >= 15 is 0 Å². The summed E-state index contributed by atoms with van der Waals surface area (Å²) in [6, 6.07) is 4.08. The average molecular weight is 234 g/mol. The maximum Gasteiger partial charge on any atom is 0.149 e. The minimum atomic E-state index is -0.472. The van der Waals surface area contributed by atoms with E-state index in [4.69, 9.17) is 0 Å². The number of hydrogen-bond acceptors (Lipinski definition) is 2. The lowest BCUT2D eigenvalue weighted by Gasteiger charge is -2.10. The molecule has 0 amide bonds. The molecule has 0 atom stereocenters. The summed E-state index contributed by atoms with van der Waals surface area (Å²) in [6.07, 6.45) is 2.16. The second-order valence-corrected chi connectivity index (χ2v) is 4.37. The van der Waals surface area contributed by atoms with Gasteiger partial charge in [0.25, 0.3) is 0 Å². The van der Waals surface area contributed by atoms with E-state index in [9.17, 15) is 8.78 Å². The number of nitrogens with zero attached hydrogens (tertiary/aromatic N) is 1. The molecule has 1 aliphatic rings. The molecule has 1 aliphatic carbocycles. The standard InChI is InChI=1S/C13H12F2N2/c1-16-11-6-10(7-2-3-7)17-13-9(15)5-4-8(14)12(11)13/h4-7H,2-3H2,1H3,(H,16,17). The molecule has 0 bridgehead atoms. The molecule has 1 aromatic carbocycles. The van der Waals surface area contributed by atoms with Crippen molar-refractivity contribution in [3.05, 3.63) is 35.5 Å². The average Bonchev–Trinajstić information content (AvgIpc) is 3.16. The van der Waals surface area contributed by atoms with Gasteiger partial charge in [-0.25, -0.2) is 13.8 Å². The van der Waals surface area contributed by atoms with Crippen LogP contribution in [-0.4, -0.2) is 12.0 Å². The molecule has 1 fully saturated rings. The highest BCUT2D eigenvalue weighted by atomic mass is 19.1. The Kier molecular flexibility index (Phi) is 2.24. The van der Waals surface area contributed by atoms with Crippen LogP contribution in [-0.2, 0) is 0 Å². The maximum absolute atomic E-state index is 13.7. The van der Waals surface area contributed by atoms with Gasteiger partial charge in [-0.05, 0) is 31.0 Å². The highest BCUT2D eigenvalue weighted by Gasteiger charge is 2.26. The second-order valence-electron chi connectivity index (χ2n) is 4.37. The Morgan fingerprint density at radius 1 is 1.24 bits per heavy atom. The van der Waals surface area contributed by atoms with E-state index in [0.717, 1.165) is 30.7 Å². The first kappa shape index (κ1) is 10.4. The van der Waals surface area contributed by atoms with E-state index in [2.05, 4.69) is 10.3 Å². The lowest BCUT2D eigenvalue weighted by Crippen LogP contribution is -1.99. The number of rotatable bonds is 2. The molecule has 0 saturated heterocycles. The van der Waals surface area contributed by atoms with Crippen LogP contribution in [0, 0.1) is 11.6 Å². The Balaban J connectivity index is 2.35. The first-order valence-corrected chi connectivity index (χ1v) is 5.67. The molecular weight excluding hydrogens is 222 g/mol. The summed E-state index contributed by atoms with van der Waals surface area (Å²) in [5.41, 5.74) is 1.58. The van der Waals surface area contributed by atoms with Crippen LogP contribution in [0.3, 0.4) is 0 Å². The van der Waals surface area contributed by atoms with Crippen molar-refractivity contribution in [1.29, 1.82) is 0 Å². The van der Waals surface area contributed by atoms with Gasteiger partial charge in [-0.2, -0.15) is 0 Å². The molecule has 1 aromatic heterocycles. The van der Waals surface area contributed by atoms with E-state index in [1.54, 1.807) is 7.05 Å². The van der Waals surface area contributed by atoms with E-state index in [1.165, 1.54) is 0 Å². The number of fused-ring (bicyclic) bond motifs is 1. The molecule has 4 heteroatoms. The first-order valence-electron chi connectivity index (χ1n) is 5.67. The molecule has 1 N–H and O–H groups in total. The fourth-order valence-electron chi connectivity index (χ4n) is 2.07. The normalized spacial score (nSPS) is 15.2. The number of aromatic nitrogens is 1. The van der Waals surface area contributed by atoms with Crippen LogP contribution in [0.2, 0.25) is 0 Å². The van der Waals surface area contributed by atoms with Crippen LogP contribution in [0.4, 0.5) is 14.5 Å². The van der Waals surface area contributed by atoms with Crippen LogP contribution in [0.25, 0.3) is 10.9 Å². The number of nitrogens with one attached hydrogen (secondary N) is 1. The van der Waals surface area contributed by atoms with Crippen molar-refractivity contribution in [3.63, 3.8) is 0 Å². The fraction of sp³-hybridized carbons (Fsp3) is 0.308. The van der Waals surface area contributed by atoms with E-state index in [1.807, 2.05) is 6.07 Å². The van der Waals surface area contributed by atoms with Crippen molar-refractivity contribution in [2.45, 2.75) is 18.8 Å². The molecule has 3 rings (SSSR count). The highest BCUT2D eigenvalue weighted by molar-refractivity contribution is 5.92. The predicted molar refractivity (Wildman–Crippen MR) is 63.2 cm³/mol. The van der Waals surface area contributed by atoms with Gasteiger partial charge in [-0.15, -0.1) is 0 Å². The van der Waals surface area contributed by atoms with Gasteiger partial charge in [-0.3, -0.25) is 0 Å². The van der Waals surface area contributed by atoms with E-state index < -0.39 is 11.6 Å². The van der Waals surface area contributed by atoms with Crippen LogP contribution in [0.15, 0.2) is 18.2 Å². The van der Waals surface area contributed by atoms with Crippen LogP contribution >= 0.6 is 0 Å². The molecule has 0 spiro atoms. The zero-order chi connectivity index (χ0) is 12.0. The van der Waals surface area contributed by atoms with Gasteiger partial charge in [0.05, 0.1) is 5.39 Å². The number of anilines is 1. The summed E-state index contributed by atoms with van der Waals surface area (Å²) in [7, 11) is 1.70. The van der Waals surface area contributed by atoms with Gasteiger partial charge in [0.15, 0.2) is 0 Å². The number of benzene rings is 1. The summed E-state index contributed by atoms with van der Waals surface area (Å²) in [5.74, 6) is -0.504. The van der Waals surface area contributed by atoms with Gasteiger partial charge in [0, 0.05) is 24.3 Å². The van der Waals surface area contributed by atoms with Crippen LogP contribution in [0.5, 0.6) is 0 Å². The summed E-state index contributed by atoms with van der Waals surface area (Å²) >= 11 is 0. The quantitative estimate of drug-likeness (QED) is 0.861. The van der Waals surface area contributed by atoms with Crippen molar-refractivity contribution in [2.75, 3.05) is 12.4 Å². The smallest absolute Gasteiger partial charge is 0.149 e. The maximum atomic E-state index is 13.7. The Morgan fingerprint density at radius 2 is 1.94 bits per heavy atom. The molecule has 17 heavy (non-hydrogen) atoms. The Hall–Kier alpha value is -1.71. The van der Waals surface area contributed by atoms with Crippen molar-refractivity contribution in [1.82, 2.24) is 4.98 Å². The highest BCUT2D eigenvalue weighted by Crippen LogP contribution is 2.41. The molecule has 0 unspecified atom stereocenters. The van der Waals surface area contributed by atoms with Gasteiger partial charge in [-0.1, -0.05) is 0 Å². The molecule has 0 aliphatic heterocycles. The molecule has 1 heterocycles. The SMILES string of the molecule is CNc1cc(C2CC2)nc2c(F)ccc(F)c12. The minimum absolute atomic E-state index is 0.124. The third-order valence-electron chi connectivity index (χ3n) is 3.15. The number of hydrogen-bond donors (Lipinski definition) is 1. The summed E-state index contributed by atoms with van der Waals surface area (Å²) in [6.45, 7) is 0. The van der Waals surface area contributed by atoms with Gasteiger partial charge >= 0.3 is 0 Å². The van der Waals surface area contributed by atoms with Crippen molar-refractivity contribution >= 4 is 16.6 Å². The summed E-state index contributed by atoms with van der Waals surface area (Å²) < 4.78 is 27.4. The van der Waals surface area contributed by atoms with Crippen molar-refractivity contribution in [3.8, 4) is 0 Å². The third kappa shape index (κ3) is 1.64. The topological polar surface area (TPSA) is 24.9 Å². The summed E-state index contributed by atoms with van der Waals surface area (Å²) in [4.78, 5) is 4.25. The van der Waals surface area contributed by atoms with Crippen molar-refractivity contribution in [2.24, 2.45) is 0 Å². The number of pyridine rings is 1.